The van der Waals surface area contributed by atoms with Gasteiger partial charge in [-0.2, -0.15) is 0 Å². The molecule has 1 rings (SSSR count). The first kappa shape index (κ1) is 7.99. The van der Waals surface area contributed by atoms with E-state index in [0.29, 0.717) is 6.04 Å². The summed E-state index contributed by atoms with van der Waals surface area (Å²) in [4.78, 5) is 0. The van der Waals surface area contributed by atoms with Gasteiger partial charge in [0.05, 0.1) is 0 Å². The van der Waals surface area contributed by atoms with E-state index in [-0.39, 0.29) is 6.04 Å². The molecule has 0 aromatic rings. The van der Waals surface area contributed by atoms with Crippen LogP contribution in [0.3, 0.4) is 0 Å². The summed E-state index contributed by atoms with van der Waals surface area (Å²) in [5.74, 6) is 0. The predicted molar refractivity (Wildman–Crippen MR) is 40.8 cm³/mol. The van der Waals surface area contributed by atoms with Crippen LogP contribution in [0, 0.1) is 0 Å². The third kappa shape index (κ3) is 1.94. The monoisotopic (exact) mass is 145 g/mol. The van der Waals surface area contributed by atoms with Crippen molar-refractivity contribution in [2.24, 2.45) is 0 Å². The second kappa shape index (κ2) is 3.33. The van der Waals surface area contributed by atoms with Crippen LogP contribution < -0.4 is 5.32 Å². The molecule has 0 aliphatic heterocycles. The molecule has 1 saturated carbocycles. The zero-order valence-corrected chi connectivity index (χ0v) is 6.73. The van der Waals surface area contributed by atoms with Crippen LogP contribution in [0.1, 0.15) is 33.1 Å². The van der Waals surface area contributed by atoms with Crippen LogP contribution in [-0.2, 0) is 0 Å². The first-order valence-corrected chi connectivity index (χ1v) is 4.10. The smallest absolute Gasteiger partial charge is 0.115 e. The Morgan fingerprint density at radius 2 is 2.10 bits per heavy atom. The minimum Gasteiger partial charge on any atom is -0.309 e. The Bertz CT molecular complexity index is 103. The van der Waals surface area contributed by atoms with Crippen molar-refractivity contribution >= 4 is 0 Å². The van der Waals surface area contributed by atoms with Gasteiger partial charge < -0.3 is 5.32 Å². The highest BCUT2D eigenvalue weighted by molar-refractivity contribution is 4.83. The quantitative estimate of drug-likeness (QED) is 0.625. The molecule has 1 nitrogen and oxygen atoms in total. The summed E-state index contributed by atoms with van der Waals surface area (Å²) in [5, 5.41) is 3.22. The molecule has 0 saturated heterocycles. The third-order valence-corrected chi connectivity index (χ3v) is 1.98. The van der Waals surface area contributed by atoms with Crippen molar-refractivity contribution in [2.45, 2.75) is 51.4 Å². The highest BCUT2D eigenvalue weighted by Gasteiger charge is 2.26. The van der Waals surface area contributed by atoms with E-state index in [1.807, 2.05) is 0 Å². The molecule has 2 atom stereocenters. The Kier molecular flexibility index (Phi) is 2.66. The Morgan fingerprint density at radius 1 is 1.40 bits per heavy atom. The SMILES string of the molecule is CC(C)NC1CCCC1F. The second-order valence-corrected chi connectivity index (χ2v) is 3.37. The number of nitrogens with one attached hydrogen (secondary N) is 1. The molecule has 1 fully saturated rings. The average Bonchev–Trinajstić information content (AvgIpc) is 2.15. The maximum Gasteiger partial charge on any atom is 0.115 e. The summed E-state index contributed by atoms with van der Waals surface area (Å²) in [6.45, 7) is 4.12. The highest BCUT2D eigenvalue weighted by atomic mass is 19.1. The second-order valence-electron chi connectivity index (χ2n) is 3.37. The summed E-state index contributed by atoms with van der Waals surface area (Å²) in [7, 11) is 0. The fourth-order valence-electron chi connectivity index (χ4n) is 1.53. The van der Waals surface area contributed by atoms with Crippen LogP contribution in [-0.4, -0.2) is 18.3 Å². The molecular weight excluding hydrogens is 129 g/mol. The van der Waals surface area contributed by atoms with Crippen molar-refractivity contribution < 1.29 is 4.39 Å². The van der Waals surface area contributed by atoms with E-state index < -0.39 is 6.17 Å². The number of hydrogen-bond donors (Lipinski definition) is 1. The molecule has 10 heavy (non-hydrogen) atoms. The molecule has 0 heterocycles. The van der Waals surface area contributed by atoms with E-state index >= 15 is 0 Å². The zero-order chi connectivity index (χ0) is 7.56. The molecule has 0 bridgehead atoms. The molecule has 1 aliphatic rings. The van der Waals surface area contributed by atoms with Crippen LogP contribution in [0.4, 0.5) is 4.39 Å². The number of rotatable bonds is 2. The van der Waals surface area contributed by atoms with Crippen LogP contribution >= 0.6 is 0 Å². The first-order chi connectivity index (χ1) is 4.70. The van der Waals surface area contributed by atoms with Crippen LogP contribution in [0.5, 0.6) is 0 Å². The molecule has 0 aromatic carbocycles. The lowest BCUT2D eigenvalue weighted by molar-refractivity contribution is 0.270. The minimum atomic E-state index is -0.595. The van der Waals surface area contributed by atoms with Crippen molar-refractivity contribution in [3.05, 3.63) is 0 Å². The van der Waals surface area contributed by atoms with Crippen LogP contribution in [0.15, 0.2) is 0 Å². The van der Waals surface area contributed by atoms with Crippen molar-refractivity contribution in [1.82, 2.24) is 5.32 Å². The van der Waals surface area contributed by atoms with Gasteiger partial charge in [-0.25, -0.2) is 4.39 Å². The summed E-state index contributed by atoms with van der Waals surface area (Å²) in [6, 6.07) is 0.557. The highest BCUT2D eigenvalue weighted by Crippen LogP contribution is 2.21. The van der Waals surface area contributed by atoms with Crippen LogP contribution in [0.2, 0.25) is 0 Å². The van der Waals surface area contributed by atoms with E-state index in [9.17, 15) is 4.39 Å². The fourth-order valence-corrected chi connectivity index (χ4v) is 1.53. The Labute approximate surface area is 62.0 Å². The van der Waals surface area contributed by atoms with Gasteiger partial charge in [0.15, 0.2) is 0 Å². The maximum absolute atomic E-state index is 12.9. The maximum atomic E-state index is 12.9. The lowest BCUT2D eigenvalue weighted by Gasteiger charge is -2.17. The van der Waals surface area contributed by atoms with Crippen LogP contribution in [0.25, 0.3) is 0 Å². The normalized spacial score (nSPS) is 33.6. The average molecular weight is 145 g/mol. The zero-order valence-electron chi connectivity index (χ0n) is 6.73. The molecule has 1 N–H and O–H groups in total. The van der Waals surface area contributed by atoms with Gasteiger partial charge in [-0.15, -0.1) is 0 Å². The summed E-state index contributed by atoms with van der Waals surface area (Å²) >= 11 is 0. The van der Waals surface area contributed by atoms with Crippen molar-refractivity contribution in [3.8, 4) is 0 Å². The van der Waals surface area contributed by atoms with Gasteiger partial charge in [-0.05, 0) is 19.3 Å². The Morgan fingerprint density at radius 3 is 2.50 bits per heavy atom. The Balaban J connectivity index is 2.26. The molecule has 0 aromatic heterocycles. The molecule has 1 aliphatic carbocycles. The molecular formula is C8H16FN. The van der Waals surface area contributed by atoms with E-state index in [1.165, 1.54) is 0 Å². The van der Waals surface area contributed by atoms with Crippen molar-refractivity contribution in [1.29, 1.82) is 0 Å². The largest absolute Gasteiger partial charge is 0.309 e. The molecule has 0 radical (unpaired) electrons. The Hall–Kier alpha value is -0.110. The van der Waals surface area contributed by atoms with Gasteiger partial charge in [0.1, 0.15) is 6.17 Å². The summed E-state index contributed by atoms with van der Waals surface area (Å²) < 4.78 is 12.9. The fraction of sp³-hybridized carbons (Fsp3) is 1.00. The lowest BCUT2D eigenvalue weighted by atomic mass is 10.2. The lowest BCUT2D eigenvalue weighted by Crippen LogP contribution is -2.38. The molecule has 60 valence electrons. The van der Waals surface area contributed by atoms with E-state index in [4.69, 9.17) is 0 Å². The number of halogens is 1. The number of alkyl halides is 1. The van der Waals surface area contributed by atoms with Gasteiger partial charge in [-0.3, -0.25) is 0 Å². The number of hydrogen-bond acceptors (Lipinski definition) is 1. The first-order valence-electron chi connectivity index (χ1n) is 4.10. The van der Waals surface area contributed by atoms with E-state index in [0.717, 1.165) is 19.3 Å². The minimum absolute atomic E-state index is 0.139. The van der Waals surface area contributed by atoms with Gasteiger partial charge in [0.25, 0.3) is 0 Å². The van der Waals surface area contributed by atoms with E-state index in [1.54, 1.807) is 0 Å². The molecule has 2 unspecified atom stereocenters. The van der Waals surface area contributed by atoms with E-state index in [2.05, 4.69) is 19.2 Å². The van der Waals surface area contributed by atoms with Gasteiger partial charge in [0.2, 0.25) is 0 Å². The molecule has 0 spiro atoms. The van der Waals surface area contributed by atoms with Crippen molar-refractivity contribution in [2.75, 3.05) is 0 Å². The topological polar surface area (TPSA) is 12.0 Å². The van der Waals surface area contributed by atoms with Crippen molar-refractivity contribution in [3.63, 3.8) is 0 Å². The summed E-state index contributed by atoms with van der Waals surface area (Å²) in [6.07, 6.45) is 2.22. The van der Waals surface area contributed by atoms with Gasteiger partial charge in [-0.1, -0.05) is 13.8 Å². The molecule has 2 heteroatoms. The predicted octanol–water partition coefficient (Wildman–Crippen LogP) is 1.88. The molecule has 0 amide bonds. The summed E-state index contributed by atoms with van der Waals surface area (Å²) in [5.41, 5.74) is 0. The van der Waals surface area contributed by atoms with Gasteiger partial charge >= 0.3 is 0 Å². The van der Waals surface area contributed by atoms with Gasteiger partial charge in [0, 0.05) is 12.1 Å². The standard InChI is InChI=1S/C8H16FN/c1-6(2)10-8-5-3-4-7(8)9/h6-8,10H,3-5H2,1-2H3. The third-order valence-electron chi connectivity index (χ3n) is 1.98.